The number of amides is 2. The molecule has 1 aliphatic heterocycles. The minimum Gasteiger partial charge on any atom is -0.381 e. The highest BCUT2D eigenvalue weighted by molar-refractivity contribution is 5.97. The third kappa shape index (κ3) is 6.00. The van der Waals surface area contributed by atoms with Gasteiger partial charge in [0.05, 0.1) is 24.0 Å². The predicted octanol–water partition coefficient (Wildman–Crippen LogP) is 1.23. The van der Waals surface area contributed by atoms with Gasteiger partial charge in [-0.3, -0.25) is 9.59 Å². The van der Waals surface area contributed by atoms with E-state index in [-0.39, 0.29) is 24.3 Å². The van der Waals surface area contributed by atoms with Crippen molar-refractivity contribution in [1.29, 1.82) is 0 Å². The van der Waals surface area contributed by atoms with Crippen molar-refractivity contribution in [1.82, 2.24) is 10.2 Å². The Bertz CT molecular complexity index is 612. The fourth-order valence-electron chi connectivity index (χ4n) is 2.87. The van der Waals surface area contributed by atoms with Crippen LogP contribution in [0.2, 0.25) is 0 Å². The second kappa shape index (κ2) is 9.54. The van der Waals surface area contributed by atoms with Gasteiger partial charge in [-0.25, -0.2) is 0 Å². The second-order valence-corrected chi connectivity index (χ2v) is 7.30. The van der Waals surface area contributed by atoms with Crippen LogP contribution in [0, 0.1) is 5.92 Å². The van der Waals surface area contributed by atoms with E-state index in [4.69, 9.17) is 5.73 Å². The number of carbonyl (C=O) groups excluding carboxylic acids is 2. The molecule has 1 heterocycles. The molecule has 0 spiro atoms. The van der Waals surface area contributed by atoms with Gasteiger partial charge in [0, 0.05) is 6.04 Å². The molecule has 144 valence electrons. The van der Waals surface area contributed by atoms with Crippen molar-refractivity contribution in [3.8, 4) is 0 Å². The van der Waals surface area contributed by atoms with Crippen LogP contribution in [0.25, 0.3) is 0 Å². The highest BCUT2D eigenvalue weighted by Crippen LogP contribution is 2.24. The molecule has 1 aromatic rings. The third-order valence-electron chi connectivity index (χ3n) is 4.72. The first kappa shape index (κ1) is 20.2. The first-order valence-electron chi connectivity index (χ1n) is 9.24. The average Bonchev–Trinajstić information content (AvgIpc) is 2.62. The van der Waals surface area contributed by atoms with Crippen molar-refractivity contribution in [2.75, 3.05) is 37.3 Å². The van der Waals surface area contributed by atoms with E-state index in [1.165, 1.54) is 0 Å². The lowest BCUT2D eigenvalue weighted by molar-refractivity contribution is -0.125. The molecule has 0 unspecified atom stereocenters. The van der Waals surface area contributed by atoms with E-state index in [9.17, 15) is 9.59 Å². The van der Waals surface area contributed by atoms with Crippen LogP contribution in [0.1, 0.15) is 26.7 Å². The number of carbonyl (C=O) groups is 2. The molecular formula is C19H31N5O2. The second-order valence-electron chi connectivity index (χ2n) is 7.30. The summed E-state index contributed by atoms with van der Waals surface area (Å²) in [6.07, 6.45) is 2.14. The van der Waals surface area contributed by atoms with E-state index in [0.717, 1.165) is 37.3 Å². The number of rotatable bonds is 7. The maximum Gasteiger partial charge on any atom is 0.243 e. The van der Waals surface area contributed by atoms with Gasteiger partial charge in [-0.1, -0.05) is 26.0 Å². The molecule has 0 aromatic heterocycles. The molecule has 1 saturated heterocycles. The number of nitrogens with zero attached hydrogens (tertiary/aromatic N) is 1. The van der Waals surface area contributed by atoms with Crippen molar-refractivity contribution in [3.05, 3.63) is 24.3 Å². The quantitative estimate of drug-likeness (QED) is 0.585. The topological polar surface area (TPSA) is 99.5 Å². The molecule has 0 saturated carbocycles. The Kier molecular flexibility index (Phi) is 7.41. The summed E-state index contributed by atoms with van der Waals surface area (Å²) in [5.41, 5.74) is 7.40. The van der Waals surface area contributed by atoms with E-state index in [2.05, 4.69) is 27.9 Å². The minimum absolute atomic E-state index is 0.0255. The summed E-state index contributed by atoms with van der Waals surface area (Å²) in [7, 11) is 2.13. The van der Waals surface area contributed by atoms with E-state index >= 15 is 0 Å². The maximum absolute atomic E-state index is 12.2. The summed E-state index contributed by atoms with van der Waals surface area (Å²) in [4.78, 5) is 26.4. The maximum atomic E-state index is 12.2. The molecule has 1 aromatic carbocycles. The SMILES string of the molecule is CC(C)[C@H](N)C(=O)NCC(=O)Nc1ccccc1NC1CCN(C)CC1. The zero-order valence-corrected chi connectivity index (χ0v) is 15.9. The Morgan fingerprint density at radius 3 is 2.42 bits per heavy atom. The number of likely N-dealkylation sites (tertiary alicyclic amines) is 1. The fourth-order valence-corrected chi connectivity index (χ4v) is 2.87. The molecule has 1 fully saturated rings. The Balaban J connectivity index is 1.88. The Labute approximate surface area is 155 Å². The highest BCUT2D eigenvalue weighted by Gasteiger charge is 2.19. The molecular weight excluding hydrogens is 330 g/mol. The number of nitrogens with two attached hydrogens (primary N) is 1. The van der Waals surface area contributed by atoms with Crippen LogP contribution < -0.4 is 21.7 Å². The number of anilines is 2. The van der Waals surface area contributed by atoms with Gasteiger partial charge >= 0.3 is 0 Å². The molecule has 2 amide bonds. The van der Waals surface area contributed by atoms with Crippen molar-refractivity contribution < 1.29 is 9.59 Å². The Hall–Kier alpha value is -2.12. The predicted molar refractivity (Wildman–Crippen MR) is 105 cm³/mol. The summed E-state index contributed by atoms with van der Waals surface area (Å²) < 4.78 is 0. The standard InChI is InChI=1S/C19H31N5O2/c1-13(2)18(20)19(26)21-12-17(25)23-16-7-5-4-6-15(16)22-14-8-10-24(3)11-9-14/h4-7,13-14,18,22H,8-12,20H2,1-3H3,(H,21,26)(H,23,25)/t18-/m0/s1. The minimum atomic E-state index is -0.610. The number of benzene rings is 1. The van der Waals surface area contributed by atoms with Crippen LogP contribution in [0.15, 0.2) is 24.3 Å². The van der Waals surface area contributed by atoms with Gasteiger partial charge in [0.1, 0.15) is 0 Å². The van der Waals surface area contributed by atoms with Gasteiger partial charge in [-0.05, 0) is 51.0 Å². The van der Waals surface area contributed by atoms with E-state index in [0.29, 0.717) is 6.04 Å². The van der Waals surface area contributed by atoms with E-state index in [1.807, 2.05) is 38.1 Å². The molecule has 5 N–H and O–H groups in total. The van der Waals surface area contributed by atoms with E-state index < -0.39 is 6.04 Å². The molecule has 7 nitrogen and oxygen atoms in total. The number of piperidine rings is 1. The number of hydrogen-bond acceptors (Lipinski definition) is 5. The van der Waals surface area contributed by atoms with Gasteiger partial charge in [-0.15, -0.1) is 0 Å². The molecule has 1 aliphatic rings. The van der Waals surface area contributed by atoms with Crippen LogP contribution in [0.3, 0.4) is 0 Å². The van der Waals surface area contributed by atoms with Crippen molar-refractivity contribution >= 4 is 23.2 Å². The lowest BCUT2D eigenvalue weighted by Crippen LogP contribution is -2.46. The smallest absolute Gasteiger partial charge is 0.243 e. The van der Waals surface area contributed by atoms with Crippen LogP contribution in [-0.2, 0) is 9.59 Å². The zero-order valence-electron chi connectivity index (χ0n) is 15.9. The van der Waals surface area contributed by atoms with Crippen LogP contribution in [-0.4, -0.2) is 55.5 Å². The van der Waals surface area contributed by atoms with Crippen LogP contribution in [0.4, 0.5) is 11.4 Å². The highest BCUT2D eigenvalue weighted by atomic mass is 16.2. The molecule has 0 aliphatic carbocycles. The van der Waals surface area contributed by atoms with Gasteiger partial charge in [0.2, 0.25) is 11.8 Å². The molecule has 0 bridgehead atoms. The Morgan fingerprint density at radius 1 is 1.19 bits per heavy atom. The van der Waals surface area contributed by atoms with Gasteiger partial charge in [-0.2, -0.15) is 0 Å². The van der Waals surface area contributed by atoms with Crippen molar-refractivity contribution in [3.63, 3.8) is 0 Å². The monoisotopic (exact) mass is 361 g/mol. The summed E-state index contributed by atoms with van der Waals surface area (Å²) in [5.74, 6) is -0.558. The fraction of sp³-hybridized carbons (Fsp3) is 0.579. The number of hydrogen-bond donors (Lipinski definition) is 4. The number of para-hydroxylation sites is 2. The first-order valence-corrected chi connectivity index (χ1v) is 9.24. The Morgan fingerprint density at radius 2 is 1.81 bits per heavy atom. The zero-order chi connectivity index (χ0) is 19.1. The van der Waals surface area contributed by atoms with Crippen LogP contribution >= 0.6 is 0 Å². The van der Waals surface area contributed by atoms with Crippen LogP contribution in [0.5, 0.6) is 0 Å². The molecule has 0 radical (unpaired) electrons. The van der Waals surface area contributed by atoms with Gasteiger partial charge in [0.25, 0.3) is 0 Å². The molecule has 2 rings (SSSR count). The number of nitrogens with one attached hydrogen (secondary N) is 3. The average molecular weight is 361 g/mol. The summed E-state index contributed by atoms with van der Waals surface area (Å²) in [6, 6.07) is 7.42. The van der Waals surface area contributed by atoms with Gasteiger partial charge in [0.15, 0.2) is 0 Å². The summed E-state index contributed by atoms with van der Waals surface area (Å²) in [6.45, 7) is 5.77. The summed E-state index contributed by atoms with van der Waals surface area (Å²) in [5, 5.41) is 8.98. The molecule has 7 heteroatoms. The third-order valence-corrected chi connectivity index (χ3v) is 4.72. The van der Waals surface area contributed by atoms with E-state index in [1.54, 1.807) is 0 Å². The lowest BCUT2D eigenvalue weighted by Gasteiger charge is -2.30. The summed E-state index contributed by atoms with van der Waals surface area (Å²) >= 11 is 0. The lowest BCUT2D eigenvalue weighted by atomic mass is 10.0. The first-order chi connectivity index (χ1) is 12.4. The van der Waals surface area contributed by atoms with Crippen molar-refractivity contribution in [2.24, 2.45) is 11.7 Å². The normalized spacial score (nSPS) is 17.0. The molecule has 26 heavy (non-hydrogen) atoms. The largest absolute Gasteiger partial charge is 0.381 e. The van der Waals surface area contributed by atoms with Gasteiger partial charge < -0.3 is 26.6 Å². The molecule has 1 atom stereocenters. The van der Waals surface area contributed by atoms with Crippen molar-refractivity contribution in [2.45, 2.75) is 38.8 Å².